The second-order valence-corrected chi connectivity index (χ2v) is 4.43. The fourth-order valence-electron chi connectivity index (χ4n) is 2.44. The van der Waals surface area contributed by atoms with Crippen LogP contribution >= 0.6 is 0 Å². The van der Waals surface area contributed by atoms with E-state index in [2.05, 4.69) is 41.7 Å². The minimum atomic E-state index is 0.941. The molecule has 3 aromatic rings. The molecule has 2 heteroatoms. The molecule has 0 aliphatic carbocycles. The van der Waals surface area contributed by atoms with Gasteiger partial charge in [0.1, 0.15) is 0 Å². The van der Waals surface area contributed by atoms with Gasteiger partial charge in [0.25, 0.3) is 0 Å². The lowest BCUT2D eigenvalue weighted by Crippen LogP contribution is -1.92. The largest absolute Gasteiger partial charge is 0.252 e. The molecule has 19 heavy (non-hydrogen) atoms. The van der Waals surface area contributed by atoms with Crippen molar-refractivity contribution in [1.29, 1.82) is 0 Å². The van der Waals surface area contributed by atoms with Crippen LogP contribution in [-0.2, 0) is 0 Å². The molecule has 0 unspecified atom stereocenters. The highest BCUT2D eigenvalue weighted by molar-refractivity contribution is 6.09. The van der Waals surface area contributed by atoms with Gasteiger partial charge in [-0.2, -0.15) is 0 Å². The molecule has 0 saturated carbocycles. The Hall–Kier alpha value is -2.48. The summed E-state index contributed by atoms with van der Waals surface area (Å²) < 4.78 is 0. The van der Waals surface area contributed by atoms with E-state index >= 15 is 0 Å². The van der Waals surface area contributed by atoms with E-state index in [0.717, 1.165) is 22.0 Å². The molecule has 0 aliphatic heterocycles. The van der Waals surface area contributed by atoms with E-state index in [4.69, 9.17) is 0 Å². The maximum atomic E-state index is 4.50. The van der Waals surface area contributed by atoms with Gasteiger partial charge < -0.3 is 0 Å². The third-order valence-corrected chi connectivity index (χ3v) is 3.34. The van der Waals surface area contributed by atoms with Crippen LogP contribution < -0.4 is 0 Å². The molecule has 3 rings (SSSR count). The monoisotopic (exact) mass is 246 g/mol. The second kappa shape index (κ2) is 4.65. The summed E-state index contributed by atoms with van der Waals surface area (Å²) in [7, 11) is 0. The van der Waals surface area contributed by atoms with Gasteiger partial charge in [-0.1, -0.05) is 49.1 Å². The Bertz CT molecular complexity index is 801. The van der Waals surface area contributed by atoms with Gasteiger partial charge in [0.2, 0.25) is 0 Å². The van der Waals surface area contributed by atoms with Crippen LogP contribution in [0.4, 0.5) is 0 Å². The van der Waals surface area contributed by atoms with Crippen LogP contribution in [0.15, 0.2) is 55.4 Å². The van der Waals surface area contributed by atoms with Gasteiger partial charge in [-0.15, -0.1) is 0 Å². The predicted octanol–water partition coefficient (Wildman–Crippen LogP) is 4.29. The summed E-state index contributed by atoms with van der Waals surface area (Å²) in [6.07, 6.45) is 9.24. The maximum Gasteiger partial charge on any atom is 0.0971 e. The first-order valence-corrected chi connectivity index (χ1v) is 6.24. The Morgan fingerprint density at radius 2 is 1.68 bits per heavy atom. The van der Waals surface area contributed by atoms with Crippen LogP contribution in [-0.4, -0.2) is 9.97 Å². The van der Waals surface area contributed by atoms with Crippen molar-refractivity contribution in [1.82, 2.24) is 9.97 Å². The standard InChI is InChI=1S/C17H14N2/c1-3-4-7-14-12(2)13-8-5-6-9-15(13)17-16(14)18-10-11-19-17/h3-11H,1H2,2H3/b7-4-. The molecular formula is C17H14N2. The fraction of sp³-hybridized carbons (Fsp3) is 0.0588. The van der Waals surface area contributed by atoms with E-state index in [1.807, 2.05) is 18.2 Å². The number of aryl methyl sites for hydroxylation is 1. The number of hydrogen-bond donors (Lipinski definition) is 0. The summed E-state index contributed by atoms with van der Waals surface area (Å²) in [6, 6.07) is 8.32. The molecule has 0 saturated heterocycles. The molecule has 0 fully saturated rings. The summed E-state index contributed by atoms with van der Waals surface area (Å²) in [5.74, 6) is 0. The molecule has 92 valence electrons. The van der Waals surface area contributed by atoms with Crippen LogP contribution in [0.1, 0.15) is 11.1 Å². The number of allylic oxidation sites excluding steroid dienone is 2. The first-order valence-electron chi connectivity index (χ1n) is 6.24. The highest BCUT2D eigenvalue weighted by Gasteiger charge is 2.10. The topological polar surface area (TPSA) is 25.8 Å². The minimum absolute atomic E-state index is 0.941. The Morgan fingerprint density at radius 1 is 1.00 bits per heavy atom. The number of hydrogen-bond acceptors (Lipinski definition) is 2. The lowest BCUT2D eigenvalue weighted by atomic mass is 9.97. The van der Waals surface area contributed by atoms with Gasteiger partial charge in [0.15, 0.2) is 0 Å². The van der Waals surface area contributed by atoms with Gasteiger partial charge in [0.05, 0.1) is 11.0 Å². The Balaban J connectivity index is 2.54. The average Bonchev–Trinajstić information content (AvgIpc) is 2.47. The Labute approximate surface area is 112 Å². The van der Waals surface area contributed by atoms with Crippen molar-refractivity contribution in [2.75, 3.05) is 0 Å². The molecular weight excluding hydrogens is 232 g/mol. The number of nitrogens with zero attached hydrogens (tertiary/aromatic N) is 2. The molecule has 0 bridgehead atoms. The van der Waals surface area contributed by atoms with Gasteiger partial charge in [-0.3, -0.25) is 9.97 Å². The molecule has 2 aromatic carbocycles. The van der Waals surface area contributed by atoms with E-state index in [-0.39, 0.29) is 0 Å². The van der Waals surface area contributed by atoms with Gasteiger partial charge in [0, 0.05) is 23.3 Å². The fourth-order valence-corrected chi connectivity index (χ4v) is 2.44. The van der Waals surface area contributed by atoms with E-state index in [1.54, 1.807) is 18.5 Å². The number of aromatic nitrogens is 2. The van der Waals surface area contributed by atoms with Crippen molar-refractivity contribution in [2.45, 2.75) is 6.92 Å². The summed E-state index contributed by atoms with van der Waals surface area (Å²) in [6.45, 7) is 5.85. The summed E-state index contributed by atoms with van der Waals surface area (Å²) in [5, 5.41) is 2.37. The SMILES string of the molecule is C=C/C=C\c1c(C)c2ccccc2c2nccnc12. The molecule has 0 amide bonds. The Morgan fingerprint density at radius 3 is 2.42 bits per heavy atom. The van der Waals surface area contributed by atoms with Gasteiger partial charge in [-0.05, 0) is 17.9 Å². The van der Waals surface area contributed by atoms with Crippen LogP contribution in [0, 0.1) is 6.92 Å². The molecule has 0 atom stereocenters. The third-order valence-electron chi connectivity index (χ3n) is 3.34. The number of benzene rings is 2. The Kier molecular flexibility index (Phi) is 2.84. The lowest BCUT2D eigenvalue weighted by Gasteiger charge is -2.10. The zero-order chi connectivity index (χ0) is 13.2. The van der Waals surface area contributed by atoms with Crippen LogP contribution in [0.3, 0.4) is 0 Å². The van der Waals surface area contributed by atoms with Crippen LogP contribution in [0.25, 0.3) is 27.9 Å². The van der Waals surface area contributed by atoms with Gasteiger partial charge >= 0.3 is 0 Å². The van der Waals surface area contributed by atoms with Crippen molar-refractivity contribution < 1.29 is 0 Å². The van der Waals surface area contributed by atoms with E-state index in [9.17, 15) is 0 Å². The minimum Gasteiger partial charge on any atom is -0.252 e. The van der Waals surface area contributed by atoms with E-state index in [1.165, 1.54) is 10.9 Å². The van der Waals surface area contributed by atoms with Crippen LogP contribution in [0.2, 0.25) is 0 Å². The smallest absolute Gasteiger partial charge is 0.0971 e. The molecule has 1 heterocycles. The maximum absolute atomic E-state index is 4.50. The second-order valence-electron chi connectivity index (χ2n) is 4.43. The summed E-state index contributed by atoms with van der Waals surface area (Å²) >= 11 is 0. The molecule has 0 aliphatic rings. The van der Waals surface area contributed by atoms with Crippen molar-refractivity contribution in [3.8, 4) is 0 Å². The lowest BCUT2D eigenvalue weighted by molar-refractivity contribution is 1.29. The summed E-state index contributed by atoms with van der Waals surface area (Å²) in [5.41, 5.74) is 4.23. The highest BCUT2D eigenvalue weighted by Crippen LogP contribution is 2.30. The van der Waals surface area contributed by atoms with Crippen molar-refractivity contribution >= 4 is 27.9 Å². The van der Waals surface area contributed by atoms with E-state index < -0.39 is 0 Å². The molecule has 0 spiro atoms. The predicted molar refractivity (Wildman–Crippen MR) is 81.0 cm³/mol. The number of rotatable bonds is 2. The average molecular weight is 246 g/mol. The highest BCUT2D eigenvalue weighted by atomic mass is 14.8. The first kappa shape index (κ1) is 11.6. The van der Waals surface area contributed by atoms with Crippen molar-refractivity contribution in [3.05, 3.63) is 66.5 Å². The number of fused-ring (bicyclic) bond motifs is 3. The van der Waals surface area contributed by atoms with Crippen LogP contribution in [0.5, 0.6) is 0 Å². The molecule has 0 N–H and O–H groups in total. The zero-order valence-corrected chi connectivity index (χ0v) is 10.8. The normalized spacial score (nSPS) is 11.4. The van der Waals surface area contributed by atoms with Crippen molar-refractivity contribution in [3.63, 3.8) is 0 Å². The van der Waals surface area contributed by atoms with Gasteiger partial charge in [-0.25, -0.2) is 0 Å². The summed E-state index contributed by atoms with van der Waals surface area (Å²) in [4.78, 5) is 8.99. The molecule has 2 nitrogen and oxygen atoms in total. The van der Waals surface area contributed by atoms with E-state index in [0.29, 0.717) is 0 Å². The third kappa shape index (κ3) is 1.82. The zero-order valence-electron chi connectivity index (χ0n) is 10.8. The first-order chi connectivity index (χ1) is 9.33. The van der Waals surface area contributed by atoms with Crippen molar-refractivity contribution in [2.24, 2.45) is 0 Å². The molecule has 0 radical (unpaired) electrons. The quantitative estimate of drug-likeness (QED) is 0.498. The molecule has 1 aromatic heterocycles.